The van der Waals surface area contributed by atoms with Crippen LogP contribution in [0.5, 0.6) is 5.75 Å². The van der Waals surface area contributed by atoms with Gasteiger partial charge in [0.05, 0.1) is 13.2 Å². The number of ether oxygens (including phenoxy) is 1. The van der Waals surface area contributed by atoms with Gasteiger partial charge >= 0.3 is 0 Å². The van der Waals surface area contributed by atoms with Gasteiger partial charge in [0.2, 0.25) is 0 Å². The standard InChI is InChI=1S/C14H22FNO2/c1-11-6-4-7-12(13(11)15)18-9-5-8-14(2,10-17)16-3/h4,6-7,16-17H,5,8-10H2,1-3H3. The summed E-state index contributed by atoms with van der Waals surface area (Å²) in [6.45, 7) is 4.17. The highest BCUT2D eigenvalue weighted by Crippen LogP contribution is 2.20. The minimum absolute atomic E-state index is 0.0717. The molecule has 3 nitrogen and oxygen atoms in total. The number of halogens is 1. The number of rotatable bonds is 7. The molecule has 18 heavy (non-hydrogen) atoms. The molecule has 0 aliphatic rings. The molecule has 0 aliphatic heterocycles. The fourth-order valence-electron chi connectivity index (χ4n) is 1.66. The number of benzene rings is 1. The molecule has 102 valence electrons. The lowest BCUT2D eigenvalue weighted by molar-refractivity contribution is 0.163. The Morgan fingerprint density at radius 1 is 1.44 bits per heavy atom. The van der Waals surface area contributed by atoms with Gasteiger partial charge in [-0.15, -0.1) is 0 Å². The Kier molecular flexibility index (Phi) is 5.56. The molecule has 1 aromatic rings. The molecule has 1 aromatic carbocycles. The highest BCUT2D eigenvalue weighted by atomic mass is 19.1. The van der Waals surface area contributed by atoms with Gasteiger partial charge in [0.15, 0.2) is 11.6 Å². The Hall–Kier alpha value is -1.13. The van der Waals surface area contributed by atoms with Crippen LogP contribution in [0.15, 0.2) is 18.2 Å². The predicted octanol–water partition coefficient (Wildman–Crippen LogP) is 2.26. The van der Waals surface area contributed by atoms with Crippen molar-refractivity contribution < 1.29 is 14.2 Å². The maximum absolute atomic E-state index is 13.6. The molecule has 0 heterocycles. The molecule has 1 unspecified atom stereocenters. The van der Waals surface area contributed by atoms with Crippen molar-refractivity contribution in [3.05, 3.63) is 29.6 Å². The minimum atomic E-state index is -0.297. The number of nitrogens with one attached hydrogen (secondary N) is 1. The van der Waals surface area contributed by atoms with E-state index in [1.165, 1.54) is 0 Å². The second kappa shape index (κ2) is 6.71. The first-order valence-corrected chi connectivity index (χ1v) is 6.20. The summed E-state index contributed by atoms with van der Waals surface area (Å²) < 4.78 is 19.0. The summed E-state index contributed by atoms with van der Waals surface area (Å²) in [5.74, 6) is 0.00111. The zero-order valence-electron chi connectivity index (χ0n) is 11.3. The minimum Gasteiger partial charge on any atom is -0.491 e. The van der Waals surface area contributed by atoms with Gasteiger partial charge in [-0.05, 0) is 45.4 Å². The van der Waals surface area contributed by atoms with Crippen molar-refractivity contribution in [2.24, 2.45) is 0 Å². The second-order valence-corrected chi connectivity index (χ2v) is 4.81. The Morgan fingerprint density at radius 3 is 2.78 bits per heavy atom. The summed E-state index contributed by atoms with van der Waals surface area (Å²) in [6.07, 6.45) is 1.53. The van der Waals surface area contributed by atoms with Crippen LogP contribution in [0, 0.1) is 12.7 Å². The molecule has 4 heteroatoms. The molecule has 0 saturated carbocycles. The lowest BCUT2D eigenvalue weighted by Gasteiger charge is -2.26. The van der Waals surface area contributed by atoms with E-state index in [0.717, 1.165) is 12.8 Å². The average Bonchev–Trinajstić information content (AvgIpc) is 2.39. The fraction of sp³-hybridized carbons (Fsp3) is 0.571. The number of aryl methyl sites for hydroxylation is 1. The highest BCUT2D eigenvalue weighted by Gasteiger charge is 2.19. The number of likely N-dealkylation sites (N-methyl/N-ethyl adjacent to an activating group) is 1. The SMILES string of the molecule is CNC(C)(CO)CCCOc1cccc(C)c1F. The zero-order valence-corrected chi connectivity index (χ0v) is 11.3. The largest absolute Gasteiger partial charge is 0.491 e. The van der Waals surface area contributed by atoms with Gasteiger partial charge in [-0.2, -0.15) is 0 Å². The van der Waals surface area contributed by atoms with Crippen molar-refractivity contribution in [3.8, 4) is 5.75 Å². The van der Waals surface area contributed by atoms with Gasteiger partial charge in [0.1, 0.15) is 0 Å². The van der Waals surface area contributed by atoms with Crippen LogP contribution in [0.2, 0.25) is 0 Å². The molecule has 0 spiro atoms. The summed E-state index contributed by atoms with van der Waals surface area (Å²) in [5.41, 5.74) is 0.289. The van der Waals surface area contributed by atoms with Crippen LogP contribution >= 0.6 is 0 Å². The van der Waals surface area contributed by atoms with Crippen LogP contribution in [0.1, 0.15) is 25.3 Å². The van der Waals surface area contributed by atoms with Crippen molar-refractivity contribution in [1.82, 2.24) is 5.32 Å². The molecule has 0 fully saturated rings. The molecule has 0 bridgehead atoms. The van der Waals surface area contributed by atoms with E-state index in [2.05, 4.69) is 5.32 Å². The van der Waals surface area contributed by atoms with Crippen LogP contribution in [0.25, 0.3) is 0 Å². The van der Waals surface area contributed by atoms with Gasteiger partial charge in [0.25, 0.3) is 0 Å². The maximum atomic E-state index is 13.6. The van der Waals surface area contributed by atoms with Crippen LogP contribution in [0.4, 0.5) is 4.39 Å². The van der Waals surface area contributed by atoms with E-state index in [-0.39, 0.29) is 18.0 Å². The van der Waals surface area contributed by atoms with Crippen molar-refractivity contribution in [1.29, 1.82) is 0 Å². The molecule has 1 rings (SSSR count). The predicted molar refractivity (Wildman–Crippen MR) is 70.4 cm³/mol. The van der Waals surface area contributed by atoms with Gasteiger partial charge in [0, 0.05) is 5.54 Å². The van der Waals surface area contributed by atoms with Gasteiger partial charge < -0.3 is 15.2 Å². The third-order valence-corrected chi connectivity index (χ3v) is 3.24. The first-order valence-electron chi connectivity index (χ1n) is 6.20. The second-order valence-electron chi connectivity index (χ2n) is 4.81. The zero-order chi connectivity index (χ0) is 13.6. The average molecular weight is 255 g/mol. The van der Waals surface area contributed by atoms with E-state index >= 15 is 0 Å². The lowest BCUT2D eigenvalue weighted by atomic mass is 9.97. The van der Waals surface area contributed by atoms with E-state index in [0.29, 0.717) is 17.9 Å². The van der Waals surface area contributed by atoms with E-state index in [1.807, 2.05) is 14.0 Å². The summed E-state index contributed by atoms with van der Waals surface area (Å²) in [7, 11) is 1.82. The van der Waals surface area contributed by atoms with E-state index in [4.69, 9.17) is 4.74 Å². The molecule has 2 N–H and O–H groups in total. The Bertz CT molecular complexity index is 378. The third kappa shape index (κ3) is 3.96. The molecular weight excluding hydrogens is 233 g/mol. The first kappa shape index (κ1) is 14.9. The van der Waals surface area contributed by atoms with Crippen molar-refractivity contribution in [2.75, 3.05) is 20.3 Å². The monoisotopic (exact) mass is 255 g/mol. The number of hydrogen-bond donors (Lipinski definition) is 2. The smallest absolute Gasteiger partial charge is 0.167 e. The maximum Gasteiger partial charge on any atom is 0.167 e. The molecule has 1 atom stereocenters. The molecule has 0 amide bonds. The Balaban J connectivity index is 2.41. The van der Waals surface area contributed by atoms with Crippen LogP contribution in [-0.2, 0) is 0 Å². The summed E-state index contributed by atoms with van der Waals surface area (Å²) in [4.78, 5) is 0. The van der Waals surface area contributed by atoms with Crippen LogP contribution < -0.4 is 10.1 Å². The topological polar surface area (TPSA) is 41.5 Å². The van der Waals surface area contributed by atoms with Crippen LogP contribution in [0.3, 0.4) is 0 Å². The molecule has 0 radical (unpaired) electrons. The van der Waals surface area contributed by atoms with Crippen molar-refractivity contribution in [2.45, 2.75) is 32.2 Å². The first-order chi connectivity index (χ1) is 8.52. The van der Waals surface area contributed by atoms with Crippen molar-refractivity contribution in [3.63, 3.8) is 0 Å². The quantitative estimate of drug-likeness (QED) is 0.734. The third-order valence-electron chi connectivity index (χ3n) is 3.24. The van der Waals surface area contributed by atoms with Gasteiger partial charge in [-0.25, -0.2) is 4.39 Å². The number of aliphatic hydroxyl groups is 1. The Morgan fingerprint density at radius 2 is 2.17 bits per heavy atom. The number of aliphatic hydroxyl groups excluding tert-OH is 1. The Labute approximate surface area is 108 Å². The van der Waals surface area contributed by atoms with Gasteiger partial charge in [-0.3, -0.25) is 0 Å². The van der Waals surface area contributed by atoms with E-state index < -0.39 is 0 Å². The fourth-order valence-corrected chi connectivity index (χ4v) is 1.66. The summed E-state index contributed by atoms with van der Waals surface area (Å²) >= 11 is 0. The van der Waals surface area contributed by atoms with E-state index in [1.54, 1.807) is 25.1 Å². The number of hydrogen-bond acceptors (Lipinski definition) is 3. The van der Waals surface area contributed by atoms with E-state index in [9.17, 15) is 9.50 Å². The summed E-state index contributed by atoms with van der Waals surface area (Å²) in [5, 5.41) is 12.3. The molecule has 0 saturated heterocycles. The van der Waals surface area contributed by atoms with Crippen molar-refractivity contribution >= 4 is 0 Å². The van der Waals surface area contributed by atoms with Crippen LogP contribution in [-0.4, -0.2) is 30.9 Å². The summed E-state index contributed by atoms with van der Waals surface area (Å²) in [6, 6.07) is 5.12. The highest BCUT2D eigenvalue weighted by molar-refractivity contribution is 5.29. The normalized spacial score (nSPS) is 14.3. The molecule has 0 aliphatic carbocycles. The molecule has 0 aromatic heterocycles. The van der Waals surface area contributed by atoms with Gasteiger partial charge in [-0.1, -0.05) is 12.1 Å². The lowest BCUT2D eigenvalue weighted by Crippen LogP contribution is -2.43. The molecular formula is C14H22FNO2.